The van der Waals surface area contributed by atoms with Crippen LogP contribution < -0.4 is 9.47 Å². The fourth-order valence-electron chi connectivity index (χ4n) is 3.61. The van der Waals surface area contributed by atoms with Gasteiger partial charge in [0.05, 0.1) is 5.69 Å². The number of nitrogens with zero attached hydrogens (tertiary/aromatic N) is 2. The molecule has 4 nitrogen and oxygen atoms in total. The number of hydrogen-bond donors (Lipinski definition) is 0. The molecule has 0 amide bonds. The van der Waals surface area contributed by atoms with Gasteiger partial charge in [-0.2, -0.15) is 0 Å². The monoisotopic (exact) mass is 342 g/mol. The predicted molar refractivity (Wildman–Crippen MR) is 105 cm³/mol. The van der Waals surface area contributed by atoms with Crippen molar-refractivity contribution in [1.29, 1.82) is 0 Å². The molecule has 4 aromatic rings. The molecule has 0 bridgehead atoms. The molecule has 1 aliphatic heterocycles. The predicted octanol–water partition coefficient (Wildman–Crippen LogP) is 5.29. The molecule has 0 unspecified atom stereocenters. The largest absolute Gasteiger partial charge is 0.454 e. The van der Waals surface area contributed by atoms with E-state index in [9.17, 15) is 0 Å². The molecule has 5 rings (SSSR count). The smallest absolute Gasteiger partial charge is 0.231 e. The van der Waals surface area contributed by atoms with Crippen LogP contribution in [0.5, 0.6) is 11.5 Å². The summed E-state index contributed by atoms with van der Waals surface area (Å²) in [6.07, 6.45) is 1.86. The Balaban J connectivity index is 1.56. The first-order valence-electron chi connectivity index (χ1n) is 8.78. The summed E-state index contributed by atoms with van der Waals surface area (Å²) in [7, 11) is 0. The second-order valence-corrected chi connectivity index (χ2v) is 6.33. The fraction of sp³-hybridized carbons (Fsp3) is 0.136. The van der Waals surface area contributed by atoms with Crippen LogP contribution in [-0.4, -0.2) is 17.6 Å². The van der Waals surface area contributed by atoms with Crippen LogP contribution in [0.4, 0.5) is 5.69 Å². The van der Waals surface area contributed by atoms with Crippen molar-refractivity contribution in [2.45, 2.75) is 13.5 Å². The fourth-order valence-corrected chi connectivity index (χ4v) is 3.61. The van der Waals surface area contributed by atoms with Crippen molar-refractivity contribution < 1.29 is 9.47 Å². The molecular weight excluding hydrogens is 324 g/mol. The maximum absolute atomic E-state index is 5.43. The zero-order chi connectivity index (χ0) is 17.5. The van der Waals surface area contributed by atoms with Crippen LogP contribution in [0, 0.1) is 0 Å². The van der Waals surface area contributed by atoms with E-state index in [1.165, 1.54) is 21.8 Å². The van der Waals surface area contributed by atoms with Gasteiger partial charge in [0.25, 0.3) is 0 Å². The molecule has 1 aromatic heterocycles. The first-order chi connectivity index (χ1) is 12.8. The van der Waals surface area contributed by atoms with E-state index in [2.05, 4.69) is 58.9 Å². The minimum absolute atomic E-state index is 0.286. The zero-order valence-electron chi connectivity index (χ0n) is 14.5. The summed E-state index contributed by atoms with van der Waals surface area (Å²) in [5.74, 6) is 1.56. The van der Waals surface area contributed by atoms with Crippen LogP contribution in [0.3, 0.4) is 0 Å². The van der Waals surface area contributed by atoms with E-state index in [0.717, 1.165) is 29.3 Å². The lowest BCUT2D eigenvalue weighted by Gasteiger charge is -2.02. The van der Waals surface area contributed by atoms with Crippen molar-refractivity contribution in [2.24, 2.45) is 4.99 Å². The highest BCUT2D eigenvalue weighted by molar-refractivity contribution is 6.09. The highest BCUT2D eigenvalue weighted by Crippen LogP contribution is 2.33. The highest BCUT2D eigenvalue weighted by atomic mass is 16.7. The number of benzene rings is 3. The Bertz CT molecular complexity index is 1160. The number of fused-ring (bicyclic) bond motifs is 4. The highest BCUT2D eigenvalue weighted by Gasteiger charge is 2.12. The first-order valence-corrected chi connectivity index (χ1v) is 8.78. The third kappa shape index (κ3) is 2.34. The molecule has 0 fully saturated rings. The first kappa shape index (κ1) is 15.0. The molecule has 4 heteroatoms. The molecule has 0 saturated carbocycles. The van der Waals surface area contributed by atoms with Gasteiger partial charge in [-0.05, 0) is 55.0 Å². The number of aromatic nitrogens is 1. The Hall–Kier alpha value is -3.27. The molecule has 2 heterocycles. The van der Waals surface area contributed by atoms with Gasteiger partial charge in [0.1, 0.15) is 0 Å². The van der Waals surface area contributed by atoms with E-state index in [4.69, 9.17) is 9.47 Å². The Morgan fingerprint density at radius 2 is 1.77 bits per heavy atom. The van der Waals surface area contributed by atoms with Gasteiger partial charge in [-0.25, -0.2) is 0 Å². The van der Waals surface area contributed by atoms with Crippen molar-refractivity contribution in [2.75, 3.05) is 6.79 Å². The zero-order valence-corrected chi connectivity index (χ0v) is 14.5. The van der Waals surface area contributed by atoms with Gasteiger partial charge in [0.15, 0.2) is 11.5 Å². The summed E-state index contributed by atoms with van der Waals surface area (Å²) < 4.78 is 13.1. The van der Waals surface area contributed by atoms with Gasteiger partial charge in [0, 0.05) is 34.6 Å². The standard InChI is InChI=1S/C22H18N2O2/c1-2-24-19-6-4-3-5-17(19)18-12-16(8-9-20(18)24)23-13-15-7-10-21-22(11-15)26-14-25-21/h3-13H,2,14H2,1H3. The maximum atomic E-state index is 5.43. The van der Waals surface area contributed by atoms with Crippen LogP contribution >= 0.6 is 0 Å². The molecule has 0 spiro atoms. The SMILES string of the molecule is CCn1c2ccccc2c2cc(N=Cc3ccc4c(c3)OCO4)ccc21. The Kier molecular flexibility index (Phi) is 3.42. The van der Waals surface area contributed by atoms with E-state index >= 15 is 0 Å². The van der Waals surface area contributed by atoms with Crippen molar-refractivity contribution >= 4 is 33.7 Å². The average Bonchev–Trinajstić information content (AvgIpc) is 3.27. The molecule has 0 saturated heterocycles. The van der Waals surface area contributed by atoms with Gasteiger partial charge < -0.3 is 14.0 Å². The summed E-state index contributed by atoms with van der Waals surface area (Å²) >= 11 is 0. The molecule has 3 aromatic carbocycles. The molecule has 0 radical (unpaired) electrons. The van der Waals surface area contributed by atoms with Gasteiger partial charge >= 0.3 is 0 Å². The molecule has 26 heavy (non-hydrogen) atoms. The third-order valence-corrected chi connectivity index (χ3v) is 4.83. The van der Waals surface area contributed by atoms with E-state index in [-0.39, 0.29) is 6.79 Å². The van der Waals surface area contributed by atoms with E-state index in [1.54, 1.807) is 0 Å². The van der Waals surface area contributed by atoms with Crippen LogP contribution in [0.2, 0.25) is 0 Å². The normalized spacial score (nSPS) is 13.3. The van der Waals surface area contributed by atoms with Crippen molar-refractivity contribution in [3.05, 3.63) is 66.2 Å². The summed E-state index contributed by atoms with van der Waals surface area (Å²) in [5, 5.41) is 2.51. The van der Waals surface area contributed by atoms with Gasteiger partial charge in [-0.1, -0.05) is 18.2 Å². The van der Waals surface area contributed by atoms with E-state index < -0.39 is 0 Å². The maximum Gasteiger partial charge on any atom is 0.231 e. The van der Waals surface area contributed by atoms with Crippen LogP contribution in [0.25, 0.3) is 21.8 Å². The third-order valence-electron chi connectivity index (χ3n) is 4.83. The topological polar surface area (TPSA) is 35.8 Å². The summed E-state index contributed by atoms with van der Waals surface area (Å²) in [6, 6.07) is 20.8. The van der Waals surface area contributed by atoms with Crippen molar-refractivity contribution in [3.8, 4) is 11.5 Å². The second-order valence-electron chi connectivity index (χ2n) is 6.33. The average molecular weight is 342 g/mol. The Morgan fingerprint density at radius 3 is 2.69 bits per heavy atom. The molecular formula is C22H18N2O2. The second kappa shape index (κ2) is 5.92. The number of aryl methyl sites for hydroxylation is 1. The van der Waals surface area contributed by atoms with Gasteiger partial charge in [-0.3, -0.25) is 4.99 Å². The number of para-hydroxylation sites is 1. The summed E-state index contributed by atoms with van der Waals surface area (Å²) in [5.41, 5.74) is 4.44. The molecule has 0 atom stereocenters. The van der Waals surface area contributed by atoms with Crippen LogP contribution in [0.1, 0.15) is 12.5 Å². The van der Waals surface area contributed by atoms with E-state index in [0.29, 0.717) is 0 Å². The summed E-state index contributed by atoms with van der Waals surface area (Å²) in [4.78, 5) is 4.66. The lowest BCUT2D eigenvalue weighted by molar-refractivity contribution is 0.174. The number of ether oxygens (including phenoxy) is 2. The number of hydrogen-bond acceptors (Lipinski definition) is 3. The lowest BCUT2D eigenvalue weighted by atomic mass is 10.1. The molecule has 1 aliphatic rings. The van der Waals surface area contributed by atoms with Crippen LogP contribution in [0.15, 0.2) is 65.7 Å². The quantitative estimate of drug-likeness (QED) is 0.474. The molecule has 0 N–H and O–H groups in total. The minimum Gasteiger partial charge on any atom is -0.454 e. The minimum atomic E-state index is 0.286. The van der Waals surface area contributed by atoms with Crippen molar-refractivity contribution in [1.82, 2.24) is 4.57 Å². The summed E-state index contributed by atoms with van der Waals surface area (Å²) in [6.45, 7) is 3.41. The van der Waals surface area contributed by atoms with Gasteiger partial charge in [-0.15, -0.1) is 0 Å². The Morgan fingerprint density at radius 1 is 0.923 bits per heavy atom. The van der Waals surface area contributed by atoms with E-state index in [1.807, 2.05) is 24.4 Å². The number of rotatable bonds is 3. The van der Waals surface area contributed by atoms with Crippen LogP contribution in [-0.2, 0) is 6.54 Å². The lowest BCUT2D eigenvalue weighted by Crippen LogP contribution is -1.92. The Labute approximate surface area is 151 Å². The number of aliphatic imine (C=N–C) groups is 1. The molecule has 0 aliphatic carbocycles. The van der Waals surface area contributed by atoms with Gasteiger partial charge in [0.2, 0.25) is 6.79 Å². The molecule has 128 valence electrons. The van der Waals surface area contributed by atoms with Crippen molar-refractivity contribution in [3.63, 3.8) is 0 Å².